The number of fused-ring (bicyclic) bond motifs is 1. The molecule has 0 N–H and O–H groups in total. The van der Waals surface area contributed by atoms with E-state index in [-0.39, 0.29) is 11.7 Å². The predicted octanol–water partition coefficient (Wildman–Crippen LogP) is 1.70. The van der Waals surface area contributed by atoms with Crippen LogP contribution < -0.4 is 0 Å². The largest absolute Gasteiger partial charge is 0.444 e. The van der Waals surface area contributed by atoms with Gasteiger partial charge in [-0.3, -0.25) is 4.90 Å². The fourth-order valence-corrected chi connectivity index (χ4v) is 2.48. The highest BCUT2D eigenvalue weighted by atomic mass is 16.6. The Morgan fingerprint density at radius 1 is 1.25 bits per heavy atom. The molecule has 16 heavy (non-hydrogen) atoms. The molecule has 4 nitrogen and oxygen atoms in total. The van der Waals surface area contributed by atoms with Gasteiger partial charge in [-0.15, -0.1) is 0 Å². The van der Waals surface area contributed by atoms with E-state index in [1.54, 1.807) is 0 Å². The average molecular weight is 226 g/mol. The van der Waals surface area contributed by atoms with Crippen molar-refractivity contribution in [2.75, 3.05) is 26.2 Å². The second-order valence-electron chi connectivity index (χ2n) is 5.76. The summed E-state index contributed by atoms with van der Waals surface area (Å²) in [6.07, 6.45) is 2.34. The number of amides is 1. The summed E-state index contributed by atoms with van der Waals surface area (Å²) in [5.74, 6) is 0. The van der Waals surface area contributed by atoms with Crippen LogP contribution >= 0.6 is 0 Å². The van der Waals surface area contributed by atoms with Crippen molar-refractivity contribution in [2.24, 2.45) is 0 Å². The van der Waals surface area contributed by atoms with Crippen LogP contribution in [0.15, 0.2) is 0 Å². The maximum absolute atomic E-state index is 11.9. The summed E-state index contributed by atoms with van der Waals surface area (Å²) < 4.78 is 5.39. The molecule has 2 aliphatic rings. The van der Waals surface area contributed by atoms with Gasteiger partial charge in [0.15, 0.2) is 0 Å². The van der Waals surface area contributed by atoms with Crippen LogP contribution in [-0.4, -0.2) is 53.7 Å². The summed E-state index contributed by atoms with van der Waals surface area (Å²) in [5, 5.41) is 0. The molecule has 0 aromatic rings. The summed E-state index contributed by atoms with van der Waals surface area (Å²) in [7, 11) is 0. The Balaban J connectivity index is 1.89. The molecule has 4 heteroatoms. The molecule has 0 saturated carbocycles. The topological polar surface area (TPSA) is 32.8 Å². The standard InChI is InChI=1S/C12H22N2O2/c1-12(2,3)16-11(15)14-8-7-13-6-4-5-10(13)9-14/h10H,4-9H2,1-3H3/t10-/m1/s1. The van der Waals surface area contributed by atoms with E-state index in [9.17, 15) is 4.79 Å². The highest BCUT2D eigenvalue weighted by Crippen LogP contribution is 2.22. The zero-order valence-corrected chi connectivity index (χ0v) is 10.5. The Kier molecular flexibility index (Phi) is 3.10. The summed E-state index contributed by atoms with van der Waals surface area (Å²) in [6.45, 7) is 9.60. The first-order valence-electron chi connectivity index (χ1n) is 6.18. The quantitative estimate of drug-likeness (QED) is 0.630. The highest BCUT2D eigenvalue weighted by molar-refractivity contribution is 5.68. The fraction of sp³-hybridized carbons (Fsp3) is 0.917. The van der Waals surface area contributed by atoms with Gasteiger partial charge in [0.25, 0.3) is 0 Å². The summed E-state index contributed by atoms with van der Waals surface area (Å²) in [4.78, 5) is 16.2. The molecule has 0 unspecified atom stereocenters. The van der Waals surface area contributed by atoms with Gasteiger partial charge in [-0.1, -0.05) is 0 Å². The number of piperazine rings is 1. The maximum atomic E-state index is 11.9. The molecule has 0 aliphatic carbocycles. The second kappa shape index (κ2) is 4.24. The maximum Gasteiger partial charge on any atom is 0.410 e. The van der Waals surface area contributed by atoms with Crippen molar-refractivity contribution in [3.05, 3.63) is 0 Å². The zero-order valence-electron chi connectivity index (χ0n) is 10.5. The molecule has 1 amide bonds. The third-order valence-corrected chi connectivity index (χ3v) is 3.24. The van der Waals surface area contributed by atoms with Crippen molar-refractivity contribution >= 4 is 6.09 Å². The Morgan fingerprint density at radius 3 is 2.69 bits per heavy atom. The molecule has 1 atom stereocenters. The molecule has 2 heterocycles. The van der Waals surface area contributed by atoms with E-state index in [1.807, 2.05) is 25.7 Å². The van der Waals surface area contributed by atoms with Crippen molar-refractivity contribution < 1.29 is 9.53 Å². The number of carbonyl (C=O) groups excluding carboxylic acids is 1. The Hall–Kier alpha value is -0.770. The summed E-state index contributed by atoms with van der Waals surface area (Å²) in [5.41, 5.74) is -0.385. The van der Waals surface area contributed by atoms with Crippen molar-refractivity contribution in [2.45, 2.75) is 45.3 Å². The predicted molar refractivity (Wildman–Crippen MR) is 62.4 cm³/mol. The van der Waals surface area contributed by atoms with E-state index in [1.165, 1.54) is 19.4 Å². The van der Waals surface area contributed by atoms with Crippen LogP contribution in [0.25, 0.3) is 0 Å². The van der Waals surface area contributed by atoms with Crippen molar-refractivity contribution in [1.29, 1.82) is 0 Å². The average Bonchev–Trinajstić information content (AvgIpc) is 2.61. The van der Waals surface area contributed by atoms with Crippen LogP contribution in [0.4, 0.5) is 4.79 Å². The first kappa shape index (κ1) is 11.7. The summed E-state index contributed by atoms with van der Waals surface area (Å²) in [6, 6.07) is 0.571. The minimum absolute atomic E-state index is 0.154. The van der Waals surface area contributed by atoms with Crippen LogP contribution in [-0.2, 0) is 4.74 Å². The molecular weight excluding hydrogens is 204 g/mol. The van der Waals surface area contributed by atoms with Gasteiger partial charge in [-0.05, 0) is 40.2 Å². The van der Waals surface area contributed by atoms with Gasteiger partial charge in [0.05, 0.1) is 0 Å². The Labute approximate surface area is 97.5 Å². The van der Waals surface area contributed by atoms with E-state index in [2.05, 4.69) is 4.90 Å². The van der Waals surface area contributed by atoms with Crippen LogP contribution in [0, 0.1) is 0 Å². The lowest BCUT2D eigenvalue weighted by atomic mass is 10.1. The van der Waals surface area contributed by atoms with Gasteiger partial charge in [0.2, 0.25) is 0 Å². The monoisotopic (exact) mass is 226 g/mol. The number of hydrogen-bond acceptors (Lipinski definition) is 3. The van der Waals surface area contributed by atoms with Gasteiger partial charge in [0.1, 0.15) is 5.60 Å². The molecular formula is C12H22N2O2. The fourth-order valence-electron chi connectivity index (χ4n) is 2.48. The Bertz CT molecular complexity index is 273. The SMILES string of the molecule is CC(C)(C)OC(=O)N1CCN2CCC[C@@H]2C1. The minimum atomic E-state index is -0.385. The zero-order chi connectivity index (χ0) is 11.8. The lowest BCUT2D eigenvalue weighted by molar-refractivity contribution is 0.00926. The third-order valence-electron chi connectivity index (χ3n) is 3.24. The van der Waals surface area contributed by atoms with Crippen molar-refractivity contribution in [3.8, 4) is 0 Å². The Morgan fingerprint density at radius 2 is 2.00 bits per heavy atom. The van der Waals surface area contributed by atoms with Gasteiger partial charge >= 0.3 is 6.09 Å². The van der Waals surface area contributed by atoms with Crippen LogP contribution in [0.1, 0.15) is 33.6 Å². The second-order valence-corrected chi connectivity index (χ2v) is 5.76. The van der Waals surface area contributed by atoms with E-state index < -0.39 is 0 Å². The lowest BCUT2D eigenvalue weighted by Gasteiger charge is -2.37. The first-order chi connectivity index (χ1) is 7.46. The van der Waals surface area contributed by atoms with Gasteiger partial charge in [0, 0.05) is 25.7 Å². The molecule has 2 rings (SSSR count). The normalized spacial score (nSPS) is 26.7. The van der Waals surface area contributed by atoms with Crippen molar-refractivity contribution in [3.63, 3.8) is 0 Å². The highest BCUT2D eigenvalue weighted by Gasteiger charge is 2.34. The summed E-state index contributed by atoms with van der Waals surface area (Å²) >= 11 is 0. The van der Waals surface area contributed by atoms with E-state index >= 15 is 0 Å². The van der Waals surface area contributed by atoms with E-state index in [4.69, 9.17) is 4.74 Å². The van der Waals surface area contributed by atoms with Gasteiger partial charge < -0.3 is 9.64 Å². The molecule has 0 bridgehead atoms. The molecule has 0 aromatic heterocycles. The molecule has 0 aromatic carbocycles. The molecule has 0 radical (unpaired) electrons. The molecule has 2 saturated heterocycles. The molecule has 0 spiro atoms. The van der Waals surface area contributed by atoms with Crippen molar-refractivity contribution in [1.82, 2.24) is 9.80 Å². The lowest BCUT2D eigenvalue weighted by Crippen LogP contribution is -2.53. The van der Waals surface area contributed by atoms with Gasteiger partial charge in [-0.25, -0.2) is 4.79 Å². The van der Waals surface area contributed by atoms with E-state index in [0.717, 1.165) is 19.6 Å². The number of ether oxygens (including phenoxy) is 1. The van der Waals surface area contributed by atoms with Gasteiger partial charge in [-0.2, -0.15) is 0 Å². The molecule has 2 aliphatic heterocycles. The smallest absolute Gasteiger partial charge is 0.410 e. The van der Waals surface area contributed by atoms with Crippen LogP contribution in [0.3, 0.4) is 0 Å². The third kappa shape index (κ3) is 2.67. The number of carbonyl (C=O) groups is 1. The minimum Gasteiger partial charge on any atom is -0.444 e. The van der Waals surface area contributed by atoms with Crippen LogP contribution in [0.2, 0.25) is 0 Å². The van der Waals surface area contributed by atoms with Crippen LogP contribution in [0.5, 0.6) is 0 Å². The van der Waals surface area contributed by atoms with E-state index in [0.29, 0.717) is 6.04 Å². The number of rotatable bonds is 0. The number of hydrogen-bond donors (Lipinski definition) is 0. The molecule has 2 fully saturated rings. The molecule has 92 valence electrons. The first-order valence-corrected chi connectivity index (χ1v) is 6.18. The number of nitrogens with zero attached hydrogens (tertiary/aromatic N) is 2.